The number of hydrogen-bond donors (Lipinski definition) is 0. The minimum absolute atomic E-state index is 0.764. The quantitative estimate of drug-likeness (QED) is 0.456. The standard InChI is InChI=1S/C21H41NSi/c1-15(2)12-18-13-20(19-11-9-10-16(3)17(19)4)22(5)14-21(18)23(6,7)8/h9,11,15-21H,10,12-14H2,1-8H3. The number of rotatable bonds is 4. The minimum atomic E-state index is -1.10. The Morgan fingerprint density at radius 2 is 1.83 bits per heavy atom. The van der Waals surface area contributed by atoms with E-state index in [1.807, 2.05) is 0 Å². The van der Waals surface area contributed by atoms with Crippen molar-refractivity contribution in [1.82, 2.24) is 4.90 Å². The molecular weight excluding hydrogens is 294 g/mol. The van der Waals surface area contributed by atoms with Gasteiger partial charge < -0.3 is 4.90 Å². The lowest BCUT2D eigenvalue weighted by atomic mass is 9.70. The summed E-state index contributed by atoms with van der Waals surface area (Å²) in [6.45, 7) is 18.9. The molecule has 0 saturated carbocycles. The minimum Gasteiger partial charge on any atom is -0.303 e. The zero-order valence-corrected chi connectivity index (χ0v) is 18.0. The van der Waals surface area contributed by atoms with Gasteiger partial charge in [0, 0.05) is 14.1 Å². The first-order chi connectivity index (χ1) is 10.6. The van der Waals surface area contributed by atoms with E-state index in [-0.39, 0.29) is 0 Å². The SMILES string of the molecule is CC(C)CC1CC(C2C=CCC(C)C2C)N(C)CC1[Si](C)(C)C. The fourth-order valence-electron chi connectivity index (χ4n) is 5.25. The molecule has 0 amide bonds. The fourth-order valence-corrected chi connectivity index (χ4v) is 7.77. The summed E-state index contributed by atoms with van der Waals surface area (Å²) in [7, 11) is 1.31. The maximum atomic E-state index is 2.74. The van der Waals surface area contributed by atoms with Crippen LogP contribution in [0.15, 0.2) is 12.2 Å². The summed E-state index contributed by atoms with van der Waals surface area (Å²) in [5.41, 5.74) is 0.964. The van der Waals surface area contributed by atoms with E-state index in [2.05, 4.69) is 71.4 Å². The molecule has 1 aliphatic carbocycles. The second-order valence-electron chi connectivity index (χ2n) is 10.2. The predicted octanol–water partition coefficient (Wildman–Crippen LogP) is 5.91. The van der Waals surface area contributed by atoms with Crippen molar-refractivity contribution in [3.8, 4) is 0 Å². The molecule has 1 nitrogen and oxygen atoms in total. The van der Waals surface area contributed by atoms with Gasteiger partial charge in [-0.15, -0.1) is 0 Å². The first kappa shape index (κ1) is 19.2. The topological polar surface area (TPSA) is 3.24 Å². The number of hydrogen-bond acceptors (Lipinski definition) is 1. The van der Waals surface area contributed by atoms with Crippen molar-refractivity contribution in [3.63, 3.8) is 0 Å². The van der Waals surface area contributed by atoms with E-state index >= 15 is 0 Å². The van der Waals surface area contributed by atoms with Gasteiger partial charge in [-0.3, -0.25) is 0 Å². The average molecular weight is 336 g/mol. The van der Waals surface area contributed by atoms with Crippen LogP contribution in [0.5, 0.6) is 0 Å². The zero-order valence-electron chi connectivity index (χ0n) is 17.0. The van der Waals surface area contributed by atoms with Crippen molar-refractivity contribution in [2.45, 2.75) is 78.2 Å². The Hall–Kier alpha value is -0.0831. The fraction of sp³-hybridized carbons (Fsp3) is 0.905. The van der Waals surface area contributed by atoms with E-state index in [1.165, 1.54) is 25.8 Å². The highest BCUT2D eigenvalue weighted by molar-refractivity contribution is 6.77. The van der Waals surface area contributed by atoms with Crippen molar-refractivity contribution in [1.29, 1.82) is 0 Å². The van der Waals surface area contributed by atoms with Crippen LogP contribution in [0, 0.1) is 29.6 Å². The Morgan fingerprint density at radius 3 is 2.39 bits per heavy atom. The molecule has 134 valence electrons. The Balaban J connectivity index is 2.20. The first-order valence-electron chi connectivity index (χ1n) is 9.98. The van der Waals surface area contributed by atoms with E-state index in [9.17, 15) is 0 Å². The molecule has 0 bridgehead atoms. The van der Waals surface area contributed by atoms with Gasteiger partial charge >= 0.3 is 0 Å². The summed E-state index contributed by atoms with van der Waals surface area (Å²) in [6, 6.07) is 0.764. The van der Waals surface area contributed by atoms with Crippen LogP contribution in [-0.4, -0.2) is 32.6 Å². The normalized spacial score (nSPS) is 39.9. The van der Waals surface area contributed by atoms with E-state index in [1.54, 1.807) is 0 Å². The molecular formula is C21H41NSi. The van der Waals surface area contributed by atoms with Gasteiger partial charge in [-0.1, -0.05) is 59.5 Å². The molecule has 6 atom stereocenters. The third-order valence-corrected chi connectivity index (χ3v) is 9.74. The molecule has 2 heteroatoms. The van der Waals surface area contributed by atoms with E-state index in [4.69, 9.17) is 0 Å². The molecule has 2 aliphatic rings. The molecule has 0 aromatic carbocycles. The van der Waals surface area contributed by atoms with E-state index in [0.29, 0.717) is 0 Å². The van der Waals surface area contributed by atoms with Gasteiger partial charge in [-0.05, 0) is 68.0 Å². The zero-order chi connectivity index (χ0) is 17.4. The molecule has 0 spiro atoms. The van der Waals surface area contributed by atoms with E-state index in [0.717, 1.165) is 41.2 Å². The smallest absolute Gasteiger partial charge is 0.0490 e. The number of nitrogens with zero attached hydrogens (tertiary/aromatic N) is 1. The molecule has 1 heterocycles. The van der Waals surface area contributed by atoms with Crippen LogP contribution in [0.2, 0.25) is 25.2 Å². The van der Waals surface area contributed by atoms with Gasteiger partial charge in [0.05, 0.1) is 0 Å². The van der Waals surface area contributed by atoms with Crippen molar-refractivity contribution in [3.05, 3.63) is 12.2 Å². The first-order valence-corrected chi connectivity index (χ1v) is 13.6. The van der Waals surface area contributed by atoms with Gasteiger partial charge in [-0.2, -0.15) is 0 Å². The lowest BCUT2D eigenvalue weighted by Gasteiger charge is -2.51. The van der Waals surface area contributed by atoms with Crippen molar-refractivity contribution in [2.24, 2.45) is 29.6 Å². The highest BCUT2D eigenvalue weighted by atomic mass is 28.3. The van der Waals surface area contributed by atoms with Crippen molar-refractivity contribution < 1.29 is 0 Å². The van der Waals surface area contributed by atoms with Crippen LogP contribution in [0.25, 0.3) is 0 Å². The number of likely N-dealkylation sites (tertiary alicyclic amines) is 1. The lowest BCUT2D eigenvalue weighted by molar-refractivity contribution is 0.0676. The molecule has 1 aliphatic heterocycles. The molecule has 6 unspecified atom stereocenters. The van der Waals surface area contributed by atoms with Crippen LogP contribution in [0.1, 0.15) is 47.0 Å². The Morgan fingerprint density at radius 1 is 1.17 bits per heavy atom. The summed E-state index contributed by atoms with van der Waals surface area (Å²) in [5.74, 6) is 4.22. The molecule has 0 radical (unpaired) electrons. The third kappa shape index (κ3) is 4.51. The van der Waals surface area contributed by atoms with Crippen molar-refractivity contribution >= 4 is 8.07 Å². The van der Waals surface area contributed by atoms with Gasteiger partial charge in [0.2, 0.25) is 0 Å². The number of piperidine rings is 1. The third-order valence-electron chi connectivity index (χ3n) is 6.87. The van der Waals surface area contributed by atoms with Crippen LogP contribution >= 0.6 is 0 Å². The second-order valence-corrected chi connectivity index (χ2v) is 15.7. The number of allylic oxidation sites excluding steroid dienone is 1. The summed E-state index contributed by atoms with van der Waals surface area (Å²) in [6.07, 6.45) is 9.16. The molecule has 23 heavy (non-hydrogen) atoms. The molecule has 2 rings (SSSR count). The van der Waals surface area contributed by atoms with Gasteiger partial charge in [0.1, 0.15) is 0 Å². The van der Waals surface area contributed by atoms with Crippen molar-refractivity contribution in [2.75, 3.05) is 13.6 Å². The molecule has 0 aromatic heterocycles. The Labute approximate surface area is 146 Å². The monoisotopic (exact) mass is 335 g/mol. The van der Waals surface area contributed by atoms with Crippen LogP contribution in [-0.2, 0) is 0 Å². The van der Waals surface area contributed by atoms with Crippen LogP contribution < -0.4 is 0 Å². The Kier molecular flexibility index (Phi) is 6.22. The summed E-state index contributed by atoms with van der Waals surface area (Å²) in [4.78, 5) is 2.74. The molecule has 0 aromatic rings. The van der Waals surface area contributed by atoms with Crippen LogP contribution in [0.3, 0.4) is 0 Å². The molecule has 0 N–H and O–H groups in total. The maximum Gasteiger partial charge on any atom is 0.0490 e. The summed E-state index contributed by atoms with van der Waals surface area (Å²) >= 11 is 0. The van der Waals surface area contributed by atoms with E-state index < -0.39 is 8.07 Å². The van der Waals surface area contributed by atoms with Crippen LogP contribution in [0.4, 0.5) is 0 Å². The average Bonchev–Trinajstić information content (AvgIpc) is 2.42. The maximum absolute atomic E-state index is 2.74. The molecule has 1 saturated heterocycles. The predicted molar refractivity (Wildman–Crippen MR) is 107 cm³/mol. The highest BCUT2D eigenvalue weighted by Gasteiger charge is 2.44. The summed E-state index contributed by atoms with van der Waals surface area (Å²) in [5, 5.41) is 0. The highest BCUT2D eigenvalue weighted by Crippen LogP contribution is 2.45. The van der Waals surface area contributed by atoms with Gasteiger partial charge in [0.25, 0.3) is 0 Å². The summed E-state index contributed by atoms with van der Waals surface area (Å²) < 4.78 is 0. The largest absolute Gasteiger partial charge is 0.303 e. The lowest BCUT2D eigenvalue weighted by Crippen LogP contribution is -2.53. The van der Waals surface area contributed by atoms with Gasteiger partial charge in [-0.25, -0.2) is 0 Å². The molecule has 1 fully saturated rings. The Bertz CT molecular complexity index is 409. The van der Waals surface area contributed by atoms with Gasteiger partial charge in [0.15, 0.2) is 0 Å². The second kappa shape index (κ2) is 7.43.